The number of nitrogens with two attached hydrogens (primary N) is 1. The summed E-state index contributed by atoms with van der Waals surface area (Å²) in [5, 5.41) is 0. The lowest BCUT2D eigenvalue weighted by atomic mass is 9.71. The van der Waals surface area contributed by atoms with Gasteiger partial charge in [0, 0.05) is 19.3 Å². The summed E-state index contributed by atoms with van der Waals surface area (Å²) in [6.45, 7) is 9.83. The Kier molecular flexibility index (Phi) is 4.98. The van der Waals surface area contributed by atoms with Crippen LogP contribution in [0.1, 0.15) is 50.7 Å². The highest BCUT2D eigenvalue weighted by molar-refractivity contribution is 5.56. The highest BCUT2D eigenvalue weighted by Gasteiger charge is 2.39. The molecule has 21 heavy (non-hydrogen) atoms. The summed E-state index contributed by atoms with van der Waals surface area (Å²) in [7, 11) is 2.24. The number of nitrogens with zero attached hydrogens (tertiary/aromatic N) is 1. The molecule has 1 aromatic carbocycles. The molecule has 1 aliphatic carbocycles. The van der Waals surface area contributed by atoms with Crippen molar-refractivity contribution in [3.8, 4) is 0 Å². The van der Waals surface area contributed by atoms with Crippen molar-refractivity contribution >= 4 is 5.69 Å². The van der Waals surface area contributed by atoms with Gasteiger partial charge < -0.3 is 10.6 Å². The van der Waals surface area contributed by atoms with Crippen LogP contribution < -0.4 is 10.6 Å². The number of hydrogen-bond acceptors (Lipinski definition) is 2. The predicted octanol–water partition coefficient (Wildman–Crippen LogP) is 4.28. The number of rotatable bonds is 4. The van der Waals surface area contributed by atoms with Crippen molar-refractivity contribution in [2.75, 3.05) is 18.5 Å². The van der Waals surface area contributed by atoms with Crippen LogP contribution in [0.15, 0.2) is 18.2 Å². The molecule has 0 saturated heterocycles. The first-order valence-electron chi connectivity index (χ1n) is 8.41. The zero-order valence-corrected chi connectivity index (χ0v) is 14.4. The van der Waals surface area contributed by atoms with E-state index < -0.39 is 0 Å². The van der Waals surface area contributed by atoms with Gasteiger partial charge >= 0.3 is 0 Å². The van der Waals surface area contributed by atoms with Crippen LogP contribution in [0.25, 0.3) is 0 Å². The average molecular weight is 288 g/mol. The van der Waals surface area contributed by atoms with Crippen molar-refractivity contribution in [2.45, 2.75) is 58.9 Å². The van der Waals surface area contributed by atoms with Gasteiger partial charge in [0.05, 0.1) is 5.54 Å². The molecule has 0 radical (unpaired) electrons. The van der Waals surface area contributed by atoms with Crippen molar-refractivity contribution < 1.29 is 0 Å². The quantitative estimate of drug-likeness (QED) is 0.896. The van der Waals surface area contributed by atoms with E-state index in [0.717, 1.165) is 18.4 Å². The van der Waals surface area contributed by atoms with Gasteiger partial charge in [-0.3, -0.25) is 0 Å². The Bertz CT molecular complexity index is 480. The maximum absolute atomic E-state index is 6.28. The summed E-state index contributed by atoms with van der Waals surface area (Å²) >= 11 is 0. The van der Waals surface area contributed by atoms with E-state index in [1.54, 1.807) is 0 Å². The molecule has 1 saturated carbocycles. The second-order valence-electron chi connectivity index (χ2n) is 7.38. The van der Waals surface area contributed by atoms with Gasteiger partial charge in [-0.1, -0.05) is 44.4 Å². The van der Waals surface area contributed by atoms with Crippen LogP contribution in [-0.2, 0) is 0 Å². The second kappa shape index (κ2) is 6.39. The summed E-state index contributed by atoms with van der Waals surface area (Å²) in [5.41, 5.74) is 10.4. The van der Waals surface area contributed by atoms with Crippen LogP contribution in [0.4, 0.5) is 5.69 Å². The van der Waals surface area contributed by atoms with E-state index in [-0.39, 0.29) is 5.54 Å². The molecule has 0 heterocycles. The topological polar surface area (TPSA) is 29.3 Å². The normalized spacial score (nSPS) is 26.1. The van der Waals surface area contributed by atoms with Crippen LogP contribution >= 0.6 is 0 Å². The average Bonchev–Trinajstić information content (AvgIpc) is 2.46. The highest BCUT2D eigenvalue weighted by atomic mass is 15.2. The van der Waals surface area contributed by atoms with Gasteiger partial charge in [-0.2, -0.15) is 0 Å². The van der Waals surface area contributed by atoms with Crippen LogP contribution in [0.5, 0.6) is 0 Å². The molecule has 0 bridgehead atoms. The Morgan fingerprint density at radius 2 is 2.05 bits per heavy atom. The van der Waals surface area contributed by atoms with Crippen molar-refractivity contribution in [1.29, 1.82) is 0 Å². The van der Waals surface area contributed by atoms with Crippen molar-refractivity contribution in [2.24, 2.45) is 17.6 Å². The lowest BCUT2D eigenvalue weighted by Gasteiger charge is -2.49. The van der Waals surface area contributed by atoms with Gasteiger partial charge in [0.25, 0.3) is 0 Å². The van der Waals surface area contributed by atoms with Crippen molar-refractivity contribution in [1.82, 2.24) is 0 Å². The molecule has 1 fully saturated rings. The van der Waals surface area contributed by atoms with E-state index in [0.29, 0.717) is 0 Å². The van der Waals surface area contributed by atoms with Crippen LogP contribution in [0, 0.1) is 25.7 Å². The Labute approximate surface area is 130 Å². The predicted molar refractivity (Wildman–Crippen MR) is 92.9 cm³/mol. The maximum Gasteiger partial charge on any atom is 0.0523 e. The van der Waals surface area contributed by atoms with Crippen LogP contribution in [-0.4, -0.2) is 19.1 Å². The third-order valence-corrected chi connectivity index (χ3v) is 5.61. The first kappa shape index (κ1) is 16.4. The van der Waals surface area contributed by atoms with Gasteiger partial charge in [0.2, 0.25) is 0 Å². The number of hydrogen-bond donors (Lipinski definition) is 1. The molecule has 2 rings (SSSR count). The Hall–Kier alpha value is -1.02. The number of anilines is 1. The van der Waals surface area contributed by atoms with E-state index in [4.69, 9.17) is 5.73 Å². The minimum atomic E-state index is 0.132. The van der Waals surface area contributed by atoms with E-state index in [1.165, 1.54) is 42.5 Å². The van der Waals surface area contributed by atoms with Gasteiger partial charge in [-0.25, -0.2) is 0 Å². The maximum atomic E-state index is 6.28. The number of aryl methyl sites for hydroxylation is 2. The molecule has 118 valence electrons. The van der Waals surface area contributed by atoms with Gasteiger partial charge in [-0.15, -0.1) is 0 Å². The first-order chi connectivity index (χ1) is 9.89. The molecule has 2 atom stereocenters. The van der Waals surface area contributed by atoms with Gasteiger partial charge in [-0.05, 0) is 50.2 Å². The smallest absolute Gasteiger partial charge is 0.0523 e. The summed E-state index contributed by atoms with van der Waals surface area (Å²) < 4.78 is 0. The molecule has 2 heteroatoms. The van der Waals surface area contributed by atoms with Gasteiger partial charge in [0.1, 0.15) is 0 Å². The third-order valence-electron chi connectivity index (χ3n) is 5.61. The summed E-state index contributed by atoms with van der Waals surface area (Å²) in [4.78, 5) is 2.48. The van der Waals surface area contributed by atoms with E-state index in [1.807, 2.05) is 0 Å². The first-order valence-corrected chi connectivity index (χ1v) is 8.41. The second-order valence-corrected chi connectivity index (χ2v) is 7.38. The minimum Gasteiger partial charge on any atom is -0.367 e. The molecule has 0 aliphatic heterocycles. The Morgan fingerprint density at radius 3 is 2.62 bits per heavy atom. The largest absolute Gasteiger partial charge is 0.367 e. The number of likely N-dealkylation sites (N-methyl/N-ethyl adjacent to an activating group) is 1. The Morgan fingerprint density at radius 1 is 1.33 bits per heavy atom. The number of benzene rings is 1. The van der Waals surface area contributed by atoms with E-state index >= 15 is 0 Å². The zero-order valence-electron chi connectivity index (χ0n) is 14.4. The van der Waals surface area contributed by atoms with Crippen molar-refractivity contribution in [3.63, 3.8) is 0 Å². The lowest BCUT2D eigenvalue weighted by Crippen LogP contribution is -2.55. The molecule has 2 nitrogen and oxygen atoms in total. The molecule has 1 aromatic rings. The van der Waals surface area contributed by atoms with Crippen LogP contribution in [0.2, 0.25) is 0 Å². The summed E-state index contributed by atoms with van der Waals surface area (Å²) in [6.07, 6.45) is 5.11. The fraction of sp³-hybridized carbons (Fsp3) is 0.684. The van der Waals surface area contributed by atoms with Gasteiger partial charge in [0.15, 0.2) is 0 Å². The van der Waals surface area contributed by atoms with Crippen LogP contribution in [0.3, 0.4) is 0 Å². The highest BCUT2D eigenvalue weighted by Crippen LogP contribution is 2.41. The Balaban J connectivity index is 2.30. The van der Waals surface area contributed by atoms with Crippen molar-refractivity contribution in [3.05, 3.63) is 29.3 Å². The third kappa shape index (κ3) is 3.26. The molecule has 2 unspecified atom stereocenters. The molecular weight excluding hydrogens is 256 g/mol. The standard InChI is InChI=1S/C19H32N2/c1-14(2)17-7-6-10-19(12-17,13-20)21(5)18-9-8-15(3)11-16(18)4/h8-9,11,14,17H,6-7,10,12-13,20H2,1-5H3. The molecule has 0 amide bonds. The molecule has 1 aliphatic rings. The van der Waals surface area contributed by atoms with E-state index in [9.17, 15) is 0 Å². The minimum absolute atomic E-state index is 0.132. The fourth-order valence-electron chi connectivity index (χ4n) is 4.02. The van der Waals surface area contributed by atoms with E-state index in [2.05, 4.69) is 57.8 Å². The fourth-order valence-corrected chi connectivity index (χ4v) is 4.02. The molecular formula is C19H32N2. The lowest BCUT2D eigenvalue weighted by molar-refractivity contribution is 0.183. The molecule has 0 aromatic heterocycles. The zero-order chi connectivity index (χ0) is 15.6. The summed E-state index contributed by atoms with van der Waals surface area (Å²) in [6, 6.07) is 6.76. The monoisotopic (exact) mass is 288 g/mol. The molecule has 0 spiro atoms. The SMILES string of the molecule is Cc1ccc(N(C)C2(CN)CCCC(C(C)C)C2)c(C)c1. The molecule has 2 N–H and O–H groups in total. The summed E-state index contributed by atoms with van der Waals surface area (Å²) in [5.74, 6) is 1.55.